The molecule has 19 heavy (non-hydrogen) atoms. The predicted molar refractivity (Wildman–Crippen MR) is 67.0 cm³/mol. The lowest BCUT2D eigenvalue weighted by Crippen LogP contribution is -2.15. The highest BCUT2D eigenvalue weighted by Gasteiger charge is 2.26. The number of nitrogens with one attached hydrogen (secondary N) is 1. The molecule has 0 unspecified atom stereocenters. The number of aromatic nitrogens is 1. The van der Waals surface area contributed by atoms with Gasteiger partial charge < -0.3 is 10.1 Å². The van der Waals surface area contributed by atoms with E-state index < -0.39 is 12.6 Å². The summed E-state index contributed by atoms with van der Waals surface area (Å²) in [6.07, 6.45) is -0.714. The molecule has 3 nitrogen and oxygen atoms in total. The normalized spacial score (nSPS) is 11.6. The Morgan fingerprint density at radius 1 is 1.37 bits per heavy atom. The summed E-state index contributed by atoms with van der Waals surface area (Å²) in [7, 11) is 0. The van der Waals surface area contributed by atoms with Gasteiger partial charge in [-0.05, 0) is 25.5 Å². The first-order chi connectivity index (χ1) is 9.03. The maximum atomic E-state index is 12.0. The lowest BCUT2D eigenvalue weighted by Gasteiger charge is -2.12. The molecule has 1 aromatic rings. The first-order valence-corrected chi connectivity index (χ1v) is 6.36. The molecular weight excluding hydrogens is 257 g/mol. The van der Waals surface area contributed by atoms with Crippen LogP contribution >= 0.6 is 0 Å². The van der Waals surface area contributed by atoms with Crippen LogP contribution in [0.3, 0.4) is 0 Å². The van der Waals surface area contributed by atoms with Crippen LogP contribution in [0.5, 0.6) is 5.75 Å². The molecule has 0 saturated heterocycles. The largest absolute Gasteiger partial charge is 0.493 e. The van der Waals surface area contributed by atoms with Crippen LogP contribution in [0.1, 0.15) is 31.7 Å². The molecule has 1 heterocycles. The summed E-state index contributed by atoms with van der Waals surface area (Å²) in [4.78, 5) is 3.99. The molecule has 0 atom stereocenters. The fourth-order valence-corrected chi connectivity index (χ4v) is 1.54. The molecule has 0 saturated carbocycles. The van der Waals surface area contributed by atoms with Crippen molar-refractivity contribution in [3.63, 3.8) is 0 Å². The van der Waals surface area contributed by atoms with Gasteiger partial charge in [0.25, 0.3) is 0 Å². The van der Waals surface area contributed by atoms with Crippen LogP contribution in [0.25, 0.3) is 0 Å². The molecule has 0 aliphatic rings. The smallest absolute Gasteiger partial charge is 0.389 e. The van der Waals surface area contributed by atoms with E-state index in [1.165, 1.54) is 0 Å². The number of rotatable bonds is 8. The van der Waals surface area contributed by atoms with E-state index in [1.807, 2.05) is 0 Å². The number of hydrogen-bond donors (Lipinski definition) is 1. The standard InChI is InChI=1S/C13H19F3N2O/c1-2-6-17-9-11-10-18-7-4-12(11)19-8-3-5-13(14,15)16/h4,7,10,17H,2-3,5-6,8-9H2,1H3. The molecule has 1 rings (SSSR count). The summed E-state index contributed by atoms with van der Waals surface area (Å²) in [5, 5.41) is 3.21. The Hall–Kier alpha value is -1.30. The van der Waals surface area contributed by atoms with Crippen LogP contribution in [-0.2, 0) is 6.54 Å². The molecule has 0 aromatic carbocycles. The minimum atomic E-state index is -4.12. The zero-order valence-corrected chi connectivity index (χ0v) is 11.0. The minimum absolute atomic E-state index is 0.0341. The third-order valence-corrected chi connectivity index (χ3v) is 2.46. The molecular formula is C13H19F3N2O. The maximum Gasteiger partial charge on any atom is 0.389 e. The topological polar surface area (TPSA) is 34.2 Å². The van der Waals surface area contributed by atoms with Crippen LogP contribution in [0.2, 0.25) is 0 Å². The van der Waals surface area contributed by atoms with Gasteiger partial charge in [-0.2, -0.15) is 13.2 Å². The SMILES string of the molecule is CCCNCc1cnccc1OCCCC(F)(F)F. The van der Waals surface area contributed by atoms with Crippen LogP contribution in [-0.4, -0.2) is 24.3 Å². The molecule has 0 spiro atoms. The van der Waals surface area contributed by atoms with Gasteiger partial charge in [-0.25, -0.2) is 0 Å². The van der Waals surface area contributed by atoms with Gasteiger partial charge >= 0.3 is 6.18 Å². The van der Waals surface area contributed by atoms with Gasteiger partial charge in [0.1, 0.15) is 5.75 Å². The summed E-state index contributed by atoms with van der Waals surface area (Å²) < 4.78 is 41.4. The van der Waals surface area contributed by atoms with Gasteiger partial charge in [0.2, 0.25) is 0 Å². The van der Waals surface area contributed by atoms with Crippen molar-refractivity contribution in [3.05, 3.63) is 24.0 Å². The molecule has 0 fully saturated rings. The Labute approximate surface area is 111 Å². The average Bonchev–Trinajstić information content (AvgIpc) is 2.35. The van der Waals surface area contributed by atoms with Crippen molar-refractivity contribution in [2.24, 2.45) is 0 Å². The number of halogens is 3. The van der Waals surface area contributed by atoms with E-state index in [4.69, 9.17) is 4.74 Å². The van der Waals surface area contributed by atoms with Gasteiger partial charge in [-0.1, -0.05) is 6.92 Å². The zero-order chi connectivity index (χ0) is 14.1. The van der Waals surface area contributed by atoms with Crippen LogP contribution in [0.15, 0.2) is 18.5 Å². The maximum absolute atomic E-state index is 12.0. The van der Waals surface area contributed by atoms with E-state index in [1.54, 1.807) is 18.5 Å². The minimum Gasteiger partial charge on any atom is -0.493 e. The monoisotopic (exact) mass is 276 g/mol. The van der Waals surface area contributed by atoms with Crippen LogP contribution in [0, 0.1) is 0 Å². The number of pyridine rings is 1. The second-order valence-electron chi connectivity index (χ2n) is 4.23. The lowest BCUT2D eigenvalue weighted by molar-refractivity contribution is -0.136. The molecule has 0 bridgehead atoms. The molecule has 0 amide bonds. The Kier molecular flexibility index (Phi) is 6.62. The highest BCUT2D eigenvalue weighted by molar-refractivity contribution is 5.29. The van der Waals surface area contributed by atoms with Crippen molar-refractivity contribution >= 4 is 0 Å². The van der Waals surface area contributed by atoms with Gasteiger partial charge in [0, 0.05) is 30.9 Å². The van der Waals surface area contributed by atoms with Crippen LogP contribution in [0.4, 0.5) is 13.2 Å². The Balaban J connectivity index is 2.39. The van der Waals surface area contributed by atoms with Crippen molar-refractivity contribution in [2.45, 2.75) is 38.9 Å². The van der Waals surface area contributed by atoms with E-state index in [2.05, 4.69) is 17.2 Å². The van der Waals surface area contributed by atoms with Crippen molar-refractivity contribution < 1.29 is 17.9 Å². The lowest BCUT2D eigenvalue weighted by atomic mass is 10.2. The first kappa shape index (κ1) is 15.8. The van der Waals surface area contributed by atoms with Gasteiger partial charge in [-0.3, -0.25) is 4.98 Å². The fourth-order valence-electron chi connectivity index (χ4n) is 1.54. The van der Waals surface area contributed by atoms with Crippen LogP contribution < -0.4 is 10.1 Å². The second-order valence-corrected chi connectivity index (χ2v) is 4.23. The molecule has 0 aliphatic heterocycles. The Morgan fingerprint density at radius 2 is 2.16 bits per heavy atom. The average molecular weight is 276 g/mol. The Morgan fingerprint density at radius 3 is 2.84 bits per heavy atom. The summed E-state index contributed by atoms with van der Waals surface area (Å²) in [6.45, 7) is 3.60. The highest BCUT2D eigenvalue weighted by Crippen LogP contribution is 2.22. The molecule has 108 valence electrons. The van der Waals surface area contributed by atoms with Crippen molar-refractivity contribution in [1.82, 2.24) is 10.3 Å². The third-order valence-electron chi connectivity index (χ3n) is 2.46. The van der Waals surface area contributed by atoms with E-state index in [-0.39, 0.29) is 13.0 Å². The van der Waals surface area contributed by atoms with Gasteiger partial charge in [-0.15, -0.1) is 0 Å². The molecule has 0 aliphatic carbocycles. The molecule has 1 aromatic heterocycles. The van der Waals surface area contributed by atoms with Crippen molar-refractivity contribution in [1.29, 1.82) is 0 Å². The first-order valence-electron chi connectivity index (χ1n) is 6.36. The Bertz CT molecular complexity index is 369. The summed E-state index contributed by atoms with van der Waals surface area (Å²) >= 11 is 0. The summed E-state index contributed by atoms with van der Waals surface area (Å²) in [6, 6.07) is 1.68. The molecule has 6 heteroatoms. The number of alkyl halides is 3. The highest BCUT2D eigenvalue weighted by atomic mass is 19.4. The quantitative estimate of drug-likeness (QED) is 0.740. The second kappa shape index (κ2) is 7.99. The summed E-state index contributed by atoms with van der Waals surface area (Å²) in [5.41, 5.74) is 0.864. The van der Waals surface area contributed by atoms with E-state index in [0.29, 0.717) is 12.3 Å². The number of hydrogen-bond acceptors (Lipinski definition) is 3. The zero-order valence-electron chi connectivity index (χ0n) is 11.0. The van der Waals surface area contributed by atoms with E-state index in [9.17, 15) is 13.2 Å². The fraction of sp³-hybridized carbons (Fsp3) is 0.615. The third kappa shape index (κ3) is 7.00. The number of ether oxygens (including phenoxy) is 1. The molecule has 0 radical (unpaired) electrons. The van der Waals surface area contributed by atoms with Gasteiger partial charge in [0.15, 0.2) is 0 Å². The summed E-state index contributed by atoms with van der Waals surface area (Å²) in [5.74, 6) is 0.598. The molecule has 1 N–H and O–H groups in total. The predicted octanol–water partition coefficient (Wildman–Crippen LogP) is 3.30. The van der Waals surface area contributed by atoms with Crippen molar-refractivity contribution in [3.8, 4) is 5.75 Å². The van der Waals surface area contributed by atoms with E-state index >= 15 is 0 Å². The van der Waals surface area contributed by atoms with Crippen molar-refractivity contribution in [2.75, 3.05) is 13.2 Å². The van der Waals surface area contributed by atoms with Gasteiger partial charge in [0.05, 0.1) is 6.61 Å². The van der Waals surface area contributed by atoms with E-state index in [0.717, 1.165) is 18.5 Å². The number of nitrogens with zero attached hydrogens (tertiary/aromatic N) is 1.